The number of rotatable bonds is 1. The average molecular weight is 265 g/mol. The number of hydrogen-bond donors (Lipinski definition) is 0. The maximum absolute atomic E-state index is 11.2. The lowest BCUT2D eigenvalue weighted by molar-refractivity contribution is -0.127. The minimum atomic E-state index is 0.0732. The van der Waals surface area contributed by atoms with Crippen LogP contribution in [0.5, 0.6) is 0 Å². The highest BCUT2D eigenvalue weighted by Crippen LogP contribution is 2.21. The molecule has 11 heavy (non-hydrogen) atoms. The number of carbonyl (C=O) groups excluding carboxylic acids is 1. The maximum atomic E-state index is 11.2. The summed E-state index contributed by atoms with van der Waals surface area (Å²) in [6.45, 7) is 4.38. The minimum absolute atomic E-state index is 0.0732. The van der Waals surface area contributed by atoms with Crippen LogP contribution in [0.4, 0.5) is 0 Å². The van der Waals surface area contributed by atoms with Gasteiger partial charge in [-0.15, -0.1) is 0 Å². The van der Waals surface area contributed by atoms with Crippen molar-refractivity contribution in [3.05, 3.63) is 12.7 Å². The lowest BCUT2D eigenvalue weighted by Crippen LogP contribution is -2.39. The van der Waals surface area contributed by atoms with E-state index >= 15 is 0 Å². The molecule has 1 fully saturated rings. The van der Waals surface area contributed by atoms with Gasteiger partial charge >= 0.3 is 0 Å². The summed E-state index contributed by atoms with van der Waals surface area (Å²) in [6.07, 6.45) is 4.91. The molecule has 62 valence electrons. The molecule has 0 aromatic carbocycles. The normalized spacial score (nSPS) is 24.8. The van der Waals surface area contributed by atoms with E-state index in [-0.39, 0.29) is 5.91 Å². The van der Waals surface area contributed by atoms with Crippen LogP contribution in [0, 0.1) is 0 Å². The lowest BCUT2D eigenvalue weighted by Gasteiger charge is -2.31. The number of amides is 1. The van der Waals surface area contributed by atoms with Crippen LogP contribution in [0.25, 0.3) is 0 Å². The Labute approximate surface area is 80.8 Å². The zero-order valence-corrected chi connectivity index (χ0v) is 8.58. The average Bonchev–Trinajstić information content (AvgIpc) is 2.04. The van der Waals surface area contributed by atoms with Gasteiger partial charge in [0, 0.05) is 6.54 Å². The van der Waals surface area contributed by atoms with Crippen molar-refractivity contribution < 1.29 is 4.79 Å². The van der Waals surface area contributed by atoms with Crippen LogP contribution >= 0.6 is 22.6 Å². The van der Waals surface area contributed by atoms with Crippen molar-refractivity contribution in [2.75, 3.05) is 6.54 Å². The predicted octanol–water partition coefficient (Wildman–Crippen LogP) is 1.95. The highest BCUT2D eigenvalue weighted by atomic mass is 127. The lowest BCUT2D eigenvalue weighted by atomic mass is 10.1. The van der Waals surface area contributed by atoms with Gasteiger partial charge in [-0.3, -0.25) is 4.79 Å². The highest BCUT2D eigenvalue weighted by molar-refractivity contribution is 14.1. The third-order valence-corrected chi connectivity index (χ3v) is 3.18. The van der Waals surface area contributed by atoms with Crippen LogP contribution in [-0.2, 0) is 4.79 Å². The fraction of sp³-hybridized carbons (Fsp3) is 0.625. The third kappa shape index (κ3) is 2.18. The molecular formula is C8H12INO. The van der Waals surface area contributed by atoms with E-state index in [1.165, 1.54) is 12.5 Å². The molecule has 0 saturated carbocycles. The van der Waals surface area contributed by atoms with E-state index in [1.807, 2.05) is 4.90 Å². The van der Waals surface area contributed by atoms with Crippen LogP contribution in [0.1, 0.15) is 19.3 Å². The van der Waals surface area contributed by atoms with Gasteiger partial charge < -0.3 is 4.90 Å². The van der Waals surface area contributed by atoms with Crippen molar-refractivity contribution >= 4 is 28.5 Å². The molecule has 1 heterocycles. The number of halogens is 1. The van der Waals surface area contributed by atoms with Gasteiger partial charge in [0.25, 0.3) is 0 Å². The SMILES string of the molecule is C=CC(=O)N1CCCC[C@H]1I. The first-order valence-electron chi connectivity index (χ1n) is 3.83. The van der Waals surface area contributed by atoms with Crippen molar-refractivity contribution in [2.45, 2.75) is 23.3 Å². The van der Waals surface area contributed by atoms with Gasteiger partial charge in [0.2, 0.25) is 5.91 Å². The molecule has 0 unspecified atom stereocenters. The van der Waals surface area contributed by atoms with Crippen LogP contribution in [0.3, 0.4) is 0 Å². The van der Waals surface area contributed by atoms with Crippen LogP contribution in [0.2, 0.25) is 0 Å². The molecule has 1 atom stereocenters. The second-order valence-corrected chi connectivity index (χ2v) is 4.10. The van der Waals surface area contributed by atoms with Crippen molar-refractivity contribution in [1.29, 1.82) is 0 Å². The Morgan fingerprint density at radius 1 is 1.64 bits per heavy atom. The molecular weight excluding hydrogens is 253 g/mol. The Morgan fingerprint density at radius 2 is 2.36 bits per heavy atom. The standard InChI is InChI=1S/C8H12INO/c1-2-8(11)10-6-4-3-5-7(10)9/h2,7H,1,3-6H2/t7-/m0/s1. The summed E-state index contributed by atoms with van der Waals surface area (Å²) in [4.78, 5) is 13.1. The molecule has 1 saturated heterocycles. The molecule has 1 aliphatic rings. The van der Waals surface area contributed by atoms with Gasteiger partial charge in [-0.1, -0.05) is 29.2 Å². The molecule has 1 aliphatic heterocycles. The molecule has 0 spiro atoms. The first kappa shape index (κ1) is 9.03. The van der Waals surface area contributed by atoms with Crippen molar-refractivity contribution in [1.82, 2.24) is 4.90 Å². The molecule has 1 amide bonds. The number of carbonyl (C=O) groups is 1. The molecule has 0 aromatic heterocycles. The molecule has 3 heteroatoms. The fourth-order valence-electron chi connectivity index (χ4n) is 1.26. The van der Waals surface area contributed by atoms with Gasteiger partial charge in [-0.2, -0.15) is 0 Å². The number of hydrogen-bond acceptors (Lipinski definition) is 1. The van der Waals surface area contributed by atoms with Crippen LogP contribution < -0.4 is 0 Å². The van der Waals surface area contributed by atoms with Gasteiger partial charge in [0.05, 0.1) is 4.05 Å². The second-order valence-electron chi connectivity index (χ2n) is 2.67. The smallest absolute Gasteiger partial charge is 0.246 e. The largest absolute Gasteiger partial charge is 0.327 e. The quantitative estimate of drug-likeness (QED) is 0.307. The van der Waals surface area contributed by atoms with Gasteiger partial charge in [-0.05, 0) is 25.3 Å². The summed E-state index contributed by atoms with van der Waals surface area (Å²) < 4.78 is 0.381. The first-order valence-corrected chi connectivity index (χ1v) is 5.07. The van der Waals surface area contributed by atoms with Crippen LogP contribution in [0.15, 0.2) is 12.7 Å². The van der Waals surface area contributed by atoms with E-state index in [9.17, 15) is 4.79 Å². The fourth-order valence-corrected chi connectivity index (χ4v) is 2.25. The molecule has 0 aliphatic carbocycles. The van der Waals surface area contributed by atoms with Crippen LogP contribution in [-0.4, -0.2) is 21.4 Å². The number of nitrogens with zero attached hydrogens (tertiary/aromatic N) is 1. The second kappa shape index (κ2) is 4.09. The zero-order valence-electron chi connectivity index (χ0n) is 6.42. The molecule has 0 bridgehead atoms. The molecule has 0 N–H and O–H groups in total. The van der Waals surface area contributed by atoms with Crippen molar-refractivity contribution in [3.63, 3.8) is 0 Å². The summed E-state index contributed by atoms with van der Waals surface area (Å²) in [5.74, 6) is 0.0732. The summed E-state index contributed by atoms with van der Waals surface area (Å²) in [5, 5.41) is 0. The van der Waals surface area contributed by atoms with Crippen molar-refractivity contribution in [3.8, 4) is 0 Å². The van der Waals surface area contributed by atoms with Gasteiger partial charge in [0.1, 0.15) is 0 Å². The predicted molar refractivity (Wildman–Crippen MR) is 53.6 cm³/mol. The molecule has 0 radical (unpaired) electrons. The summed E-state index contributed by atoms with van der Waals surface area (Å²) >= 11 is 2.31. The van der Waals surface area contributed by atoms with E-state index in [0.717, 1.165) is 19.4 Å². The van der Waals surface area contributed by atoms with E-state index in [1.54, 1.807) is 0 Å². The first-order chi connectivity index (χ1) is 5.25. The minimum Gasteiger partial charge on any atom is -0.327 e. The number of likely N-dealkylation sites (tertiary alicyclic amines) is 1. The van der Waals surface area contributed by atoms with Gasteiger partial charge in [0.15, 0.2) is 0 Å². The number of piperidine rings is 1. The molecule has 0 aromatic rings. The maximum Gasteiger partial charge on any atom is 0.246 e. The Kier molecular flexibility index (Phi) is 3.36. The topological polar surface area (TPSA) is 20.3 Å². The van der Waals surface area contributed by atoms with E-state index in [4.69, 9.17) is 0 Å². The summed E-state index contributed by atoms with van der Waals surface area (Å²) in [5.41, 5.74) is 0. The molecule has 2 nitrogen and oxygen atoms in total. The Bertz CT molecular complexity index is 169. The summed E-state index contributed by atoms with van der Waals surface area (Å²) in [7, 11) is 0. The Hall–Kier alpha value is -0.0600. The van der Waals surface area contributed by atoms with Crippen molar-refractivity contribution in [2.24, 2.45) is 0 Å². The van der Waals surface area contributed by atoms with Gasteiger partial charge in [-0.25, -0.2) is 0 Å². The Morgan fingerprint density at radius 3 is 2.91 bits per heavy atom. The zero-order chi connectivity index (χ0) is 8.27. The highest BCUT2D eigenvalue weighted by Gasteiger charge is 2.21. The summed E-state index contributed by atoms with van der Waals surface area (Å²) in [6, 6.07) is 0. The van der Waals surface area contributed by atoms with E-state index in [0.29, 0.717) is 4.05 Å². The monoisotopic (exact) mass is 265 g/mol. The van der Waals surface area contributed by atoms with E-state index < -0.39 is 0 Å². The number of alkyl halides is 1. The third-order valence-electron chi connectivity index (χ3n) is 1.89. The molecule has 1 rings (SSSR count). The Balaban J connectivity index is 2.53. The van der Waals surface area contributed by atoms with E-state index in [2.05, 4.69) is 29.2 Å².